The normalized spacial score (nSPS) is 17.0. The zero-order valence-electron chi connectivity index (χ0n) is 19.4. The third-order valence-corrected chi connectivity index (χ3v) is 6.40. The van der Waals surface area contributed by atoms with Gasteiger partial charge in [0.15, 0.2) is 5.96 Å². The van der Waals surface area contributed by atoms with Crippen molar-refractivity contribution >= 4 is 5.96 Å². The number of rotatable bonds is 9. The van der Waals surface area contributed by atoms with E-state index in [1.165, 1.54) is 24.2 Å². The van der Waals surface area contributed by atoms with Gasteiger partial charge in [-0.3, -0.25) is 9.89 Å². The monoisotopic (exact) mass is 421 g/mol. The predicted octanol–water partition coefficient (Wildman–Crippen LogP) is 3.40. The van der Waals surface area contributed by atoms with E-state index in [0.29, 0.717) is 12.0 Å². The van der Waals surface area contributed by atoms with Gasteiger partial charge in [0.1, 0.15) is 0 Å². The second-order valence-corrected chi connectivity index (χ2v) is 8.36. The molecule has 2 aromatic rings. The summed E-state index contributed by atoms with van der Waals surface area (Å²) in [4.78, 5) is 9.54. The first-order chi connectivity index (χ1) is 15.2. The van der Waals surface area contributed by atoms with Crippen LogP contribution in [0.2, 0.25) is 0 Å². The Morgan fingerprint density at radius 2 is 1.48 bits per heavy atom. The minimum atomic E-state index is 0.377. The van der Waals surface area contributed by atoms with E-state index < -0.39 is 0 Å². The fourth-order valence-corrected chi connectivity index (χ4v) is 4.35. The highest BCUT2D eigenvalue weighted by Crippen LogP contribution is 2.27. The Balaban J connectivity index is 1.48. The summed E-state index contributed by atoms with van der Waals surface area (Å²) < 4.78 is 0. The molecule has 0 radical (unpaired) electrons. The summed E-state index contributed by atoms with van der Waals surface area (Å²) in [6.45, 7) is 12.1. The molecule has 0 spiro atoms. The summed E-state index contributed by atoms with van der Waals surface area (Å²) in [5, 5.41) is 7.05. The van der Waals surface area contributed by atoms with Crippen LogP contribution >= 0.6 is 0 Å². The zero-order chi connectivity index (χ0) is 21.9. The molecule has 168 valence electrons. The van der Waals surface area contributed by atoms with Gasteiger partial charge in [-0.25, -0.2) is 0 Å². The Bertz CT molecular complexity index is 729. The standard InChI is InChI=1S/C26H39N5/c1-4-30-17-19-31(20-18-30)22(2)21-29-26(27-3)28-16-15-25(23-11-7-5-8-12-23)24-13-9-6-10-14-24/h5-14,22,25H,4,15-21H2,1-3H3,(H2,27,28,29). The summed E-state index contributed by atoms with van der Waals surface area (Å²) >= 11 is 0. The molecule has 1 atom stereocenters. The van der Waals surface area contributed by atoms with E-state index in [-0.39, 0.29) is 0 Å². The van der Waals surface area contributed by atoms with Crippen molar-refractivity contribution in [3.8, 4) is 0 Å². The minimum absolute atomic E-state index is 0.377. The molecule has 1 fully saturated rings. The molecule has 1 heterocycles. The lowest BCUT2D eigenvalue weighted by atomic mass is 9.88. The predicted molar refractivity (Wildman–Crippen MR) is 132 cm³/mol. The number of benzene rings is 2. The number of aliphatic imine (C=N–C) groups is 1. The fourth-order valence-electron chi connectivity index (χ4n) is 4.35. The first-order valence-corrected chi connectivity index (χ1v) is 11.7. The van der Waals surface area contributed by atoms with Crippen LogP contribution in [-0.4, -0.2) is 74.7 Å². The molecular weight excluding hydrogens is 382 g/mol. The number of guanidine groups is 1. The molecule has 1 aliphatic heterocycles. The Labute approximate surface area is 188 Å². The Morgan fingerprint density at radius 1 is 0.903 bits per heavy atom. The first-order valence-electron chi connectivity index (χ1n) is 11.7. The molecule has 3 rings (SSSR count). The molecule has 1 unspecified atom stereocenters. The lowest BCUT2D eigenvalue weighted by Gasteiger charge is -2.37. The van der Waals surface area contributed by atoms with Crippen molar-refractivity contribution in [2.45, 2.75) is 32.2 Å². The lowest BCUT2D eigenvalue weighted by molar-refractivity contribution is 0.107. The van der Waals surface area contributed by atoms with Crippen LogP contribution in [0, 0.1) is 0 Å². The van der Waals surface area contributed by atoms with Crippen molar-refractivity contribution in [2.75, 3.05) is 52.9 Å². The quantitative estimate of drug-likeness (QED) is 0.481. The number of piperazine rings is 1. The molecule has 5 heteroatoms. The van der Waals surface area contributed by atoms with Crippen LogP contribution in [0.25, 0.3) is 0 Å². The lowest BCUT2D eigenvalue weighted by Crippen LogP contribution is -2.53. The van der Waals surface area contributed by atoms with Gasteiger partial charge in [-0.05, 0) is 31.0 Å². The summed E-state index contributed by atoms with van der Waals surface area (Å²) in [5.41, 5.74) is 2.72. The number of nitrogens with one attached hydrogen (secondary N) is 2. The SMILES string of the molecule is CCN1CCN(C(C)CNC(=NC)NCCC(c2ccccc2)c2ccccc2)CC1. The number of hydrogen-bond acceptors (Lipinski definition) is 3. The topological polar surface area (TPSA) is 42.9 Å². The zero-order valence-corrected chi connectivity index (χ0v) is 19.4. The van der Waals surface area contributed by atoms with Crippen LogP contribution in [-0.2, 0) is 0 Å². The van der Waals surface area contributed by atoms with E-state index in [1.54, 1.807) is 0 Å². The average molecular weight is 422 g/mol. The summed E-state index contributed by atoms with van der Waals surface area (Å²) in [6, 6.07) is 22.1. The van der Waals surface area contributed by atoms with Crippen molar-refractivity contribution in [3.05, 3.63) is 71.8 Å². The summed E-state index contributed by atoms with van der Waals surface area (Å²) in [6.07, 6.45) is 1.02. The van der Waals surface area contributed by atoms with Gasteiger partial charge < -0.3 is 15.5 Å². The van der Waals surface area contributed by atoms with E-state index in [1.807, 2.05) is 7.05 Å². The molecule has 2 aromatic carbocycles. The van der Waals surface area contributed by atoms with E-state index in [2.05, 4.69) is 99.9 Å². The van der Waals surface area contributed by atoms with E-state index in [4.69, 9.17) is 0 Å². The van der Waals surface area contributed by atoms with Crippen molar-refractivity contribution < 1.29 is 0 Å². The molecule has 1 saturated heterocycles. The molecule has 2 N–H and O–H groups in total. The van der Waals surface area contributed by atoms with Gasteiger partial charge in [0, 0.05) is 58.3 Å². The van der Waals surface area contributed by atoms with Crippen LogP contribution < -0.4 is 10.6 Å². The highest BCUT2D eigenvalue weighted by molar-refractivity contribution is 5.79. The van der Waals surface area contributed by atoms with Gasteiger partial charge in [-0.1, -0.05) is 67.6 Å². The van der Waals surface area contributed by atoms with Crippen molar-refractivity contribution in [1.82, 2.24) is 20.4 Å². The number of nitrogens with zero attached hydrogens (tertiary/aromatic N) is 3. The second kappa shape index (κ2) is 12.5. The van der Waals surface area contributed by atoms with Gasteiger partial charge in [0.25, 0.3) is 0 Å². The molecule has 0 amide bonds. The number of hydrogen-bond donors (Lipinski definition) is 2. The maximum Gasteiger partial charge on any atom is 0.191 e. The third-order valence-electron chi connectivity index (χ3n) is 6.40. The Morgan fingerprint density at radius 3 is 2.00 bits per heavy atom. The average Bonchev–Trinajstić information content (AvgIpc) is 2.84. The molecule has 0 bridgehead atoms. The number of likely N-dealkylation sites (N-methyl/N-ethyl adjacent to an activating group) is 1. The largest absolute Gasteiger partial charge is 0.356 e. The third kappa shape index (κ3) is 7.08. The van der Waals surface area contributed by atoms with Gasteiger partial charge in [-0.15, -0.1) is 0 Å². The van der Waals surface area contributed by atoms with Crippen LogP contribution in [0.5, 0.6) is 0 Å². The van der Waals surface area contributed by atoms with Crippen molar-refractivity contribution in [3.63, 3.8) is 0 Å². The summed E-state index contributed by atoms with van der Waals surface area (Å²) in [7, 11) is 1.85. The molecule has 0 saturated carbocycles. The highest BCUT2D eigenvalue weighted by Gasteiger charge is 2.20. The molecule has 0 aliphatic carbocycles. The maximum atomic E-state index is 4.44. The van der Waals surface area contributed by atoms with Gasteiger partial charge in [0.05, 0.1) is 0 Å². The highest BCUT2D eigenvalue weighted by atomic mass is 15.3. The van der Waals surface area contributed by atoms with Gasteiger partial charge in [0.2, 0.25) is 0 Å². The van der Waals surface area contributed by atoms with Crippen molar-refractivity contribution in [1.29, 1.82) is 0 Å². The summed E-state index contributed by atoms with van der Waals surface area (Å²) in [5.74, 6) is 1.26. The van der Waals surface area contributed by atoms with E-state index in [9.17, 15) is 0 Å². The first kappa shape index (κ1) is 23.3. The minimum Gasteiger partial charge on any atom is -0.356 e. The van der Waals surface area contributed by atoms with Crippen molar-refractivity contribution in [2.24, 2.45) is 4.99 Å². The molecule has 1 aliphatic rings. The molecular formula is C26H39N5. The second-order valence-electron chi connectivity index (χ2n) is 8.36. The Kier molecular flexibility index (Phi) is 9.38. The molecule has 5 nitrogen and oxygen atoms in total. The van der Waals surface area contributed by atoms with Gasteiger partial charge in [-0.2, -0.15) is 0 Å². The molecule has 0 aromatic heterocycles. The van der Waals surface area contributed by atoms with Crippen LogP contribution in [0.1, 0.15) is 37.3 Å². The van der Waals surface area contributed by atoms with Crippen LogP contribution in [0.15, 0.2) is 65.7 Å². The fraction of sp³-hybridized carbons (Fsp3) is 0.500. The van der Waals surface area contributed by atoms with Gasteiger partial charge >= 0.3 is 0 Å². The maximum absolute atomic E-state index is 4.44. The van der Waals surface area contributed by atoms with E-state index in [0.717, 1.165) is 45.1 Å². The van der Waals surface area contributed by atoms with Crippen LogP contribution in [0.4, 0.5) is 0 Å². The van der Waals surface area contributed by atoms with E-state index >= 15 is 0 Å². The Hall–Kier alpha value is -2.37. The smallest absolute Gasteiger partial charge is 0.191 e. The molecule has 31 heavy (non-hydrogen) atoms. The van der Waals surface area contributed by atoms with Crippen LogP contribution in [0.3, 0.4) is 0 Å².